The lowest BCUT2D eigenvalue weighted by molar-refractivity contribution is -0.147. The molecule has 4 saturated carbocycles. The Bertz CT molecular complexity index is 371. The van der Waals surface area contributed by atoms with Gasteiger partial charge in [-0.1, -0.05) is 0 Å². The smallest absolute Gasteiger partial charge is 0.321 e. The molecular formula is C14H21NO4. The van der Waals surface area contributed by atoms with Gasteiger partial charge in [0.15, 0.2) is 0 Å². The van der Waals surface area contributed by atoms with Crippen LogP contribution in [0.4, 0.5) is 0 Å². The molecule has 3 N–H and O–H groups in total. The maximum Gasteiger partial charge on any atom is 0.321 e. The van der Waals surface area contributed by atoms with Crippen LogP contribution in [0.5, 0.6) is 0 Å². The molecule has 0 aromatic heterocycles. The summed E-state index contributed by atoms with van der Waals surface area (Å²) in [6, 6.07) is -0.950. The summed E-state index contributed by atoms with van der Waals surface area (Å²) in [7, 11) is 0. The van der Waals surface area contributed by atoms with Crippen molar-refractivity contribution in [2.24, 2.45) is 17.8 Å². The van der Waals surface area contributed by atoms with Crippen molar-refractivity contribution in [1.82, 2.24) is 5.32 Å². The van der Waals surface area contributed by atoms with E-state index in [2.05, 4.69) is 5.32 Å². The van der Waals surface area contributed by atoms with Gasteiger partial charge in [-0.25, -0.2) is 0 Å². The predicted octanol–water partition coefficient (Wildman–Crippen LogP) is 1.47. The minimum atomic E-state index is -1.05. The van der Waals surface area contributed by atoms with Crippen LogP contribution in [-0.2, 0) is 9.59 Å². The van der Waals surface area contributed by atoms with Crippen molar-refractivity contribution < 1.29 is 19.8 Å². The SMILES string of the molecule is O=C(O)C[C@H](NC12CC3CC(CC(C3)C1)C2)C(=O)O. The van der Waals surface area contributed by atoms with E-state index in [9.17, 15) is 14.7 Å². The van der Waals surface area contributed by atoms with E-state index in [1.807, 2.05) is 0 Å². The second-order valence-electron chi connectivity index (χ2n) is 6.83. The standard InChI is InChI=1S/C14H21NO4/c16-12(17)4-11(13(18)19)15-14-5-8-1-9(6-14)3-10(2-8)7-14/h8-11,15H,1-7H2,(H,16,17)(H,18,19)/t8?,9?,10?,11-,14?/m0/s1. The predicted molar refractivity (Wildman–Crippen MR) is 67.7 cm³/mol. The highest BCUT2D eigenvalue weighted by Crippen LogP contribution is 2.55. The Morgan fingerprint density at radius 2 is 1.53 bits per heavy atom. The van der Waals surface area contributed by atoms with Crippen molar-refractivity contribution in [2.45, 2.75) is 56.5 Å². The number of hydrogen-bond donors (Lipinski definition) is 3. The molecule has 5 heteroatoms. The summed E-state index contributed by atoms with van der Waals surface area (Å²) < 4.78 is 0. The van der Waals surface area contributed by atoms with Gasteiger partial charge in [-0.2, -0.15) is 0 Å². The van der Waals surface area contributed by atoms with Crippen molar-refractivity contribution in [3.63, 3.8) is 0 Å². The number of carbonyl (C=O) groups is 2. The fraction of sp³-hybridized carbons (Fsp3) is 0.857. The molecule has 4 fully saturated rings. The first-order chi connectivity index (χ1) is 8.96. The molecule has 0 amide bonds. The molecule has 4 aliphatic carbocycles. The average Bonchev–Trinajstić information content (AvgIpc) is 2.24. The van der Waals surface area contributed by atoms with Gasteiger partial charge < -0.3 is 10.2 Å². The highest BCUT2D eigenvalue weighted by molar-refractivity contribution is 5.80. The quantitative estimate of drug-likeness (QED) is 0.702. The first-order valence-electron chi connectivity index (χ1n) is 7.18. The molecule has 19 heavy (non-hydrogen) atoms. The molecule has 1 atom stereocenters. The third-order valence-electron chi connectivity index (χ3n) is 5.20. The van der Waals surface area contributed by atoms with E-state index >= 15 is 0 Å². The van der Waals surface area contributed by atoms with Crippen LogP contribution in [0.15, 0.2) is 0 Å². The van der Waals surface area contributed by atoms with Gasteiger partial charge in [-0.3, -0.25) is 14.9 Å². The molecule has 0 saturated heterocycles. The molecule has 0 aromatic rings. The third-order valence-corrected chi connectivity index (χ3v) is 5.20. The van der Waals surface area contributed by atoms with Gasteiger partial charge in [0.1, 0.15) is 6.04 Å². The van der Waals surface area contributed by atoms with E-state index in [1.54, 1.807) is 0 Å². The van der Waals surface area contributed by atoms with Gasteiger partial charge in [-0.05, 0) is 56.3 Å². The summed E-state index contributed by atoms with van der Waals surface area (Å²) in [6.45, 7) is 0. The van der Waals surface area contributed by atoms with E-state index in [1.165, 1.54) is 19.3 Å². The van der Waals surface area contributed by atoms with Crippen molar-refractivity contribution >= 4 is 11.9 Å². The van der Waals surface area contributed by atoms with Crippen LogP contribution in [0.2, 0.25) is 0 Å². The van der Waals surface area contributed by atoms with Gasteiger partial charge in [-0.15, -0.1) is 0 Å². The highest BCUT2D eigenvalue weighted by atomic mass is 16.4. The summed E-state index contributed by atoms with van der Waals surface area (Å²) in [5.74, 6) is 0.0665. The molecule has 0 aromatic carbocycles. The van der Waals surface area contributed by atoms with E-state index in [0.29, 0.717) is 0 Å². The zero-order chi connectivity index (χ0) is 13.6. The van der Waals surface area contributed by atoms with Gasteiger partial charge in [0.2, 0.25) is 0 Å². The van der Waals surface area contributed by atoms with Crippen molar-refractivity contribution in [3.8, 4) is 0 Å². The normalized spacial score (nSPS) is 41.2. The monoisotopic (exact) mass is 267 g/mol. The first kappa shape index (κ1) is 12.9. The maximum atomic E-state index is 11.2. The van der Waals surface area contributed by atoms with E-state index in [0.717, 1.165) is 37.0 Å². The molecule has 4 bridgehead atoms. The summed E-state index contributed by atoms with van der Waals surface area (Å²) in [5.41, 5.74) is -0.104. The van der Waals surface area contributed by atoms with Crippen molar-refractivity contribution in [3.05, 3.63) is 0 Å². The van der Waals surface area contributed by atoms with Crippen LogP contribution in [0, 0.1) is 17.8 Å². The minimum absolute atomic E-state index is 0.104. The van der Waals surface area contributed by atoms with Crippen LogP contribution in [0.1, 0.15) is 44.9 Å². The van der Waals surface area contributed by atoms with Crippen LogP contribution in [-0.4, -0.2) is 33.7 Å². The topological polar surface area (TPSA) is 86.6 Å². The number of hydrogen-bond acceptors (Lipinski definition) is 3. The molecule has 0 unspecified atom stereocenters. The largest absolute Gasteiger partial charge is 0.481 e. The number of rotatable bonds is 5. The molecule has 0 radical (unpaired) electrons. The number of carboxylic acids is 2. The lowest BCUT2D eigenvalue weighted by Crippen LogP contribution is -2.62. The zero-order valence-corrected chi connectivity index (χ0v) is 11.0. The minimum Gasteiger partial charge on any atom is -0.481 e. The fourth-order valence-corrected chi connectivity index (χ4v) is 5.03. The number of aliphatic carboxylic acids is 2. The molecule has 0 spiro atoms. The Kier molecular flexibility index (Phi) is 3.04. The van der Waals surface area contributed by atoms with Gasteiger partial charge in [0.25, 0.3) is 0 Å². The van der Waals surface area contributed by atoms with Crippen LogP contribution < -0.4 is 5.32 Å². The number of nitrogens with one attached hydrogen (secondary N) is 1. The van der Waals surface area contributed by atoms with Crippen molar-refractivity contribution in [2.75, 3.05) is 0 Å². The van der Waals surface area contributed by atoms with Crippen LogP contribution in [0.25, 0.3) is 0 Å². The second kappa shape index (κ2) is 4.47. The lowest BCUT2D eigenvalue weighted by Gasteiger charge is -2.57. The van der Waals surface area contributed by atoms with E-state index in [4.69, 9.17) is 5.11 Å². The Labute approximate surface area is 112 Å². The molecule has 5 nitrogen and oxygen atoms in total. The van der Waals surface area contributed by atoms with Crippen LogP contribution >= 0.6 is 0 Å². The Morgan fingerprint density at radius 1 is 1.05 bits per heavy atom. The van der Waals surface area contributed by atoms with Crippen molar-refractivity contribution in [1.29, 1.82) is 0 Å². The summed E-state index contributed by atoms with van der Waals surface area (Å²) in [6.07, 6.45) is 6.62. The Hall–Kier alpha value is -1.10. The summed E-state index contributed by atoms with van der Waals surface area (Å²) in [4.78, 5) is 22.0. The van der Waals surface area contributed by atoms with E-state index in [-0.39, 0.29) is 12.0 Å². The Morgan fingerprint density at radius 3 is 1.89 bits per heavy atom. The van der Waals surface area contributed by atoms with E-state index < -0.39 is 18.0 Å². The Balaban J connectivity index is 1.74. The molecule has 0 aliphatic heterocycles. The zero-order valence-electron chi connectivity index (χ0n) is 11.0. The fourth-order valence-electron chi connectivity index (χ4n) is 5.03. The highest BCUT2D eigenvalue weighted by Gasteiger charge is 2.51. The molecule has 4 aliphatic rings. The number of carboxylic acid groups (broad SMARTS) is 2. The van der Waals surface area contributed by atoms with Crippen LogP contribution in [0.3, 0.4) is 0 Å². The summed E-state index contributed by atoms with van der Waals surface area (Å²) >= 11 is 0. The first-order valence-corrected chi connectivity index (χ1v) is 7.18. The van der Waals surface area contributed by atoms with Gasteiger partial charge >= 0.3 is 11.9 Å². The third kappa shape index (κ3) is 2.48. The van der Waals surface area contributed by atoms with Gasteiger partial charge in [0, 0.05) is 5.54 Å². The lowest BCUT2D eigenvalue weighted by atomic mass is 9.53. The molecule has 4 rings (SSSR count). The maximum absolute atomic E-state index is 11.2. The van der Waals surface area contributed by atoms with Gasteiger partial charge in [0.05, 0.1) is 6.42 Å². The molecule has 0 heterocycles. The summed E-state index contributed by atoms with van der Waals surface area (Å²) in [5, 5.41) is 21.3. The molecular weight excluding hydrogens is 246 g/mol. The molecule has 106 valence electrons. The average molecular weight is 267 g/mol. The second-order valence-corrected chi connectivity index (χ2v) is 6.83.